The Morgan fingerprint density at radius 3 is 2.62 bits per heavy atom. The van der Waals surface area contributed by atoms with Crippen molar-refractivity contribution in [3.05, 3.63) is 36.7 Å². The number of hydrogen-bond acceptors (Lipinski definition) is 7. The minimum absolute atomic E-state index is 0.0618. The number of rotatable bonds is 4. The van der Waals surface area contributed by atoms with Gasteiger partial charge in [-0.15, -0.1) is 0 Å². The Balaban J connectivity index is 1.26. The minimum atomic E-state index is -4.61. The van der Waals surface area contributed by atoms with E-state index >= 15 is 0 Å². The van der Waals surface area contributed by atoms with Crippen molar-refractivity contribution in [2.45, 2.75) is 49.4 Å². The average Bonchev–Trinajstić information content (AvgIpc) is 3.56. The third-order valence-electron chi connectivity index (χ3n) is 7.05. The predicted molar refractivity (Wildman–Crippen MR) is 110 cm³/mol. The van der Waals surface area contributed by atoms with Crippen molar-refractivity contribution in [2.75, 3.05) is 11.4 Å². The first kappa shape index (κ1) is 20.8. The molecule has 1 aliphatic heterocycles. The maximum Gasteiger partial charge on any atom is 0.417 e. The number of aromatic nitrogens is 5. The molecule has 3 aromatic rings. The van der Waals surface area contributed by atoms with Gasteiger partial charge in [0.25, 0.3) is 5.91 Å². The summed E-state index contributed by atoms with van der Waals surface area (Å²) < 4.78 is 45.7. The number of imidazole rings is 1. The van der Waals surface area contributed by atoms with Crippen LogP contribution < -0.4 is 9.64 Å². The number of ether oxygens (including phenoxy) is 1. The molecule has 0 aromatic carbocycles. The molecule has 34 heavy (non-hydrogen) atoms. The molecule has 3 aromatic heterocycles. The van der Waals surface area contributed by atoms with Gasteiger partial charge in [0.05, 0.1) is 29.3 Å². The lowest BCUT2D eigenvalue weighted by Crippen LogP contribution is -2.49. The highest BCUT2D eigenvalue weighted by atomic mass is 19.4. The van der Waals surface area contributed by atoms with Gasteiger partial charge in [0.1, 0.15) is 24.0 Å². The number of hydrogen-bond donors (Lipinski definition) is 1. The van der Waals surface area contributed by atoms with E-state index in [4.69, 9.17) is 4.74 Å². The molecule has 1 saturated heterocycles. The van der Waals surface area contributed by atoms with E-state index in [0.717, 1.165) is 17.2 Å². The number of urea groups is 1. The second kappa shape index (κ2) is 6.87. The maximum absolute atomic E-state index is 13.3. The normalized spacial score (nSPS) is 26.8. The van der Waals surface area contributed by atoms with Crippen molar-refractivity contribution in [1.82, 2.24) is 29.8 Å². The lowest BCUT2D eigenvalue weighted by molar-refractivity contribution is -0.137. The Bertz CT molecular complexity index is 1320. The molecule has 1 N–H and O–H groups in total. The molecule has 176 valence electrons. The van der Waals surface area contributed by atoms with Crippen LogP contribution in [0.3, 0.4) is 0 Å². The van der Waals surface area contributed by atoms with Crippen LogP contribution in [0.4, 0.5) is 23.7 Å². The molecular weight excluding hydrogens is 455 g/mol. The summed E-state index contributed by atoms with van der Waals surface area (Å²) in [5.74, 6) is -0.0888. The van der Waals surface area contributed by atoms with Crippen molar-refractivity contribution in [2.24, 2.45) is 0 Å². The Morgan fingerprint density at radius 1 is 1.06 bits per heavy atom. The van der Waals surface area contributed by atoms with Gasteiger partial charge in [-0.25, -0.2) is 14.8 Å². The second-order valence-electron chi connectivity index (χ2n) is 8.99. The minimum Gasteiger partial charge on any atom is -0.469 e. The topological polar surface area (TPSA) is 117 Å². The number of nitrogens with zero attached hydrogens (tertiary/aromatic N) is 6. The predicted octanol–water partition coefficient (Wildman–Crippen LogP) is 3.07. The van der Waals surface area contributed by atoms with Crippen LogP contribution in [-0.4, -0.2) is 59.4 Å². The zero-order valence-electron chi connectivity index (χ0n) is 17.7. The maximum atomic E-state index is 13.3. The molecule has 6 rings (SSSR count). The Labute approximate surface area is 190 Å². The third-order valence-corrected chi connectivity index (χ3v) is 7.05. The number of H-pyrrole nitrogens is 1. The molecule has 2 aliphatic carbocycles. The smallest absolute Gasteiger partial charge is 0.417 e. The zero-order chi connectivity index (χ0) is 23.7. The first-order valence-corrected chi connectivity index (χ1v) is 10.7. The van der Waals surface area contributed by atoms with E-state index in [9.17, 15) is 22.8 Å². The van der Waals surface area contributed by atoms with Gasteiger partial charge in [0.15, 0.2) is 5.65 Å². The number of pyridine rings is 1. The fourth-order valence-corrected chi connectivity index (χ4v) is 5.49. The number of imide groups is 1. The van der Waals surface area contributed by atoms with Crippen LogP contribution in [0.25, 0.3) is 11.2 Å². The molecular formula is C21H18F3N7O3. The highest BCUT2D eigenvalue weighted by Crippen LogP contribution is 2.56. The van der Waals surface area contributed by atoms with E-state index in [0.29, 0.717) is 55.3 Å². The Hall–Kier alpha value is -3.77. The van der Waals surface area contributed by atoms with Gasteiger partial charge in [0, 0.05) is 12.6 Å². The van der Waals surface area contributed by atoms with Gasteiger partial charge in [-0.05, 0) is 31.7 Å². The van der Waals surface area contributed by atoms with Gasteiger partial charge in [-0.1, -0.05) is 0 Å². The molecule has 0 spiro atoms. The molecule has 2 bridgehead atoms. The lowest BCUT2D eigenvalue weighted by atomic mass is 9.91. The van der Waals surface area contributed by atoms with E-state index in [1.165, 1.54) is 17.6 Å². The largest absolute Gasteiger partial charge is 0.469 e. The molecule has 13 heteroatoms. The summed E-state index contributed by atoms with van der Waals surface area (Å²) in [6.07, 6.45) is 2.80. The van der Waals surface area contributed by atoms with Crippen LogP contribution in [0, 0.1) is 0 Å². The van der Waals surface area contributed by atoms with Gasteiger partial charge < -0.3 is 9.72 Å². The first-order chi connectivity index (χ1) is 16.2. The van der Waals surface area contributed by atoms with Gasteiger partial charge in [-0.3, -0.25) is 19.6 Å². The number of alkyl halides is 3. The van der Waals surface area contributed by atoms with E-state index in [1.54, 1.807) is 0 Å². The van der Waals surface area contributed by atoms with Crippen LogP contribution in [0.15, 0.2) is 31.1 Å². The van der Waals surface area contributed by atoms with Crippen LogP contribution in [0.1, 0.15) is 37.7 Å². The number of fused-ring (bicyclic) bond motifs is 3. The Morgan fingerprint density at radius 2 is 1.85 bits per heavy atom. The summed E-state index contributed by atoms with van der Waals surface area (Å²) in [6.45, 7) is -0.335. The fraction of sp³-hybridized carbons (Fsp3) is 0.429. The van der Waals surface area contributed by atoms with Crippen molar-refractivity contribution in [1.29, 1.82) is 0 Å². The number of aromatic amines is 1. The first-order valence-electron chi connectivity index (χ1n) is 10.7. The van der Waals surface area contributed by atoms with Crippen LogP contribution in [-0.2, 0) is 11.0 Å². The van der Waals surface area contributed by atoms with Gasteiger partial charge >= 0.3 is 12.2 Å². The lowest BCUT2D eigenvalue weighted by Gasteiger charge is -2.34. The molecule has 0 radical (unpaired) electrons. The van der Waals surface area contributed by atoms with E-state index in [2.05, 4.69) is 24.9 Å². The van der Waals surface area contributed by atoms with Crippen LogP contribution in [0.5, 0.6) is 5.88 Å². The summed E-state index contributed by atoms with van der Waals surface area (Å²) in [6, 6.07) is 0.197. The van der Waals surface area contributed by atoms with Gasteiger partial charge in [-0.2, -0.15) is 18.2 Å². The summed E-state index contributed by atoms with van der Waals surface area (Å²) >= 11 is 0. The molecule has 3 amide bonds. The average molecular weight is 473 g/mol. The monoisotopic (exact) mass is 473 g/mol. The van der Waals surface area contributed by atoms with Crippen molar-refractivity contribution >= 4 is 28.8 Å². The highest BCUT2D eigenvalue weighted by Gasteiger charge is 2.63. The fourth-order valence-electron chi connectivity index (χ4n) is 5.49. The molecule has 3 aliphatic rings. The molecule has 0 unspecified atom stereocenters. The number of anilines is 1. The number of carbonyl (C=O) groups is 2. The molecule has 3 fully saturated rings. The van der Waals surface area contributed by atoms with Crippen molar-refractivity contribution < 1.29 is 27.5 Å². The van der Waals surface area contributed by atoms with Crippen molar-refractivity contribution in [3.63, 3.8) is 0 Å². The highest BCUT2D eigenvalue weighted by molar-refractivity contribution is 6.12. The number of amides is 3. The summed E-state index contributed by atoms with van der Waals surface area (Å²) in [5, 5.41) is 0. The quantitative estimate of drug-likeness (QED) is 0.579. The number of nitrogens with one attached hydrogen (secondary N) is 1. The second-order valence-corrected chi connectivity index (χ2v) is 8.99. The van der Waals surface area contributed by atoms with E-state index < -0.39 is 34.8 Å². The molecule has 10 nitrogen and oxygen atoms in total. The molecule has 0 atom stereocenters. The summed E-state index contributed by atoms with van der Waals surface area (Å²) in [4.78, 5) is 47.5. The van der Waals surface area contributed by atoms with E-state index in [-0.39, 0.29) is 12.2 Å². The molecule has 4 heterocycles. The third kappa shape index (κ3) is 3.02. The summed E-state index contributed by atoms with van der Waals surface area (Å²) in [7, 11) is 0. The number of carbonyl (C=O) groups excluding carboxylic acids is 2. The zero-order valence-corrected chi connectivity index (χ0v) is 17.7. The standard InChI is InChI=1S/C21H18F3N7O3/c22-21(23,24)12-5-13(7-25-6-12)30-8-14(32)31(18(30)33)19-1-3-20(9-19,4-2-19)34-17-15-16(27-10-26-15)28-11-29-17/h5-7,10-11H,1-4,8-9H2,(H,26,27,28,29). The molecule has 2 saturated carbocycles. The Kier molecular flexibility index (Phi) is 4.20. The van der Waals surface area contributed by atoms with Crippen LogP contribution >= 0.6 is 0 Å². The van der Waals surface area contributed by atoms with Crippen molar-refractivity contribution in [3.8, 4) is 5.88 Å². The van der Waals surface area contributed by atoms with E-state index in [1.807, 2.05) is 0 Å². The SMILES string of the molecule is O=C1CN(c2cncc(C(F)(F)F)c2)C(=O)N1C12CCC(Oc3ncnc4nc[nH]c34)(CC1)C2. The van der Waals surface area contributed by atoms with Gasteiger partial charge in [0.2, 0.25) is 5.88 Å². The van der Waals surface area contributed by atoms with Crippen LogP contribution in [0.2, 0.25) is 0 Å². The summed E-state index contributed by atoms with van der Waals surface area (Å²) in [5.41, 5.74) is -1.37. The number of halogens is 3.